The molecule has 0 saturated carbocycles. The molecule has 0 amide bonds. The summed E-state index contributed by atoms with van der Waals surface area (Å²) in [5.41, 5.74) is 7.51. The zero-order valence-electron chi connectivity index (χ0n) is 11.4. The van der Waals surface area contributed by atoms with Gasteiger partial charge in [-0.05, 0) is 11.6 Å². The number of nitrogens with two attached hydrogens (primary N) is 1. The highest BCUT2D eigenvalue weighted by Gasteiger charge is 2.14. The lowest BCUT2D eigenvalue weighted by atomic mass is 10.2. The number of hydrogen-bond acceptors (Lipinski definition) is 4. The third-order valence-electron chi connectivity index (χ3n) is 3.10. The zero-order valence-corrected chi connectivity index (χ0v) is 12.2. The zero-order chi connectivity index (χ0) is 15.2. The van der Waals surface area contributed by atoms with Crippen molar-refractivity contribution in [2.24, 2.45) is 5.73 Å². The topological polar surface area (TPSA) is 72.4 Å². The highest BCUT2D eigenvalue weighted by molar-refractivity contribution is 6.33. The highest BCUT2D eigenvalue weighted by atomic mass is 35.5. The van der Waals surface area contributed by atoms with Crippen LogP contribution < -0.4 is 10.6 Å². The number of benzene rings is 2. The van der Waals surface area contributed by atoms with Gasteiger partial charge in [-0.25, -0.2) is 0 Å². The fourth-order valence-corrected chi connectivity index (χ4v) is 2.40. The third-order valence-corrected chi connectivity index (χ3v) is 3.40. The van der Waals surface area contributed by atoms with Crippen LogP contribution in [0, 0.1) is 10.1 Å². The van der Waals surface area contributed by atoms with Gasteiger partial charge in [-0.2, -0.15) is 0 Å². The molecule has 2 aromatic rings. The Labute approximate surface area is 128 Å². The van der Waals surface area contributed by atoms with E-state index in [1.54, 1.807) is 6.07 Å². The molecule has 0 spiro atoms. The van der Waals surface area contributed by atoms with Gasteiger partial charge in [-0.1, -0.05) is 41.9 Å². The Kier molecular flexibility index (Phi) is 5.14. The quantitative estimate of drug-likeness (QED) is 0.657. The average Bonchev–Trinajstić information content (AvgIpc) is 2.48. The molecule has 2 aromatic carbocycles. The van der Waals surface area contributed by atoms with Crippen molar-refractivity contribution in [3.63, 3.8) is 0 Å². The minimum Gasteiger partial charge on any atom is -0.365 e. The molecule has 0 aliphatic rings. The molecule has 0 aromatic heterocycles. The molecule has 0 saturated heterocycles. The summed E-state index contributed by atoms with van der Waals surface area (Å²) in [6.45, 7) is 1.74. The van der Waals surface area contributed by atoms with E-state index in [9.17, 15) is 10.1 Å². The summed E-state index contributed by atoms with van der Waals surface area (Å²) in [6.07, 6.45) is 0. The van der Waals surface area contributed by atoms with Crippen molar-refractivity contribution in [2.75, 3.05) is 18.0 Å². The largest absolute Gasteiger partial charge is 0.365 e. The molecule has 5 nitrogen and oxygen atoms in total. The fraction of sp³-hybridized carbons (Fsp3) is 0.200. The minimum atomic E-state index is -0.458. The molecule has 0 radical (unpaired) electrons. The summed E-state index contributed by atoms with van der Waals surface area (Å²) in [7, 11) is 0. The van der Waals surface area contributed by atoms with Gasteiger partial charge >= 0.3 is 0 Å². The Bertz CT molecular complexity index is 620. The van der Waals surface area contributed by atoms with Crippen molar-refractivity contribution in [3.8, 4) is 0 Å². The van der Waals surface area contributed by atoms with Crippen LogP contribution in [0.5, 0.6) is 0 Å². The summed E-state index contributed by atoms with van der Waals surface area (Å²) in [5.74, 6) is 0. The lowest BCUT2D eigenvalue weighted by molar-refractivity contribution is -0.384. The second kappa shape index (κ2) is 7.06. The Hall–Kier alpha value is -2.11. The van der Waals surface area contributed by atoms with Gasteiger partial charge in [0.05, 0.1) is 15.6 Å². The third kappa shape index (κ3) is 3.93. The van der Waals surface area contributed by atoms with Crippen molar-refractivity contribution in [3.05, 3.63) is 69.2 Å². The summed E-state index contributed by atoms with van der Waals surface area (Å²) in [5, 5.41) is 11.1. The molecule has 0 atom stereocenters. The predicted octanol–water partition coefficient (Wildman–Crippen LogP) is 3.21. The molecule has 0 unspecified atom stereocenters. The Morgan fingerprint density at radius 2 is 1.90 bits per heavy atom. The second-order valence-electron chi connectivity index (χ2n) is 4.59. The molecule has 0 aliphatic heterocycles. The number of nitro groups is 1. The number of nitrogens with zero attached hydrogens (tertiary/aromatic N) is 2. The molecule has 0 bridgehead atoms. The molecule has 21 heavy (non-hydrogen) atoms. The van der Waals surface area contributed by atoms with Crippen molar-refractivity contribution < 1.29 is 4.92 Å². The molecule has 2 N–H and O–H groups in total. The average molecular weight is 306 g/mol. The van der Waals surface area contributed by atoms with Crippen molar-refractivity contribution in [2.45, 2.75) is 6.54 Å². The van der Waals surface area contributed by atoms with Gasteiger partial charge in [0.2, 0.25) is 0 Å². The number of rotatable bonds is 6. The van der Waals surface area contributed by atoms with Gasteiger partial charge in [-0.3, -0.25) is 10.1 Å². The number of non-ortho nitro benzene ring substituents is 1. The molecule has 110 valence electrons. The van der Waals surface area contributed by atoms with Gasteiger partial charge in [-0.15, -0.1) is 0 Å². The molecular weight excluding hydrogens is 290 g/mol. The van der Waals surface area contributed by atoms with E-state index in [2.05, 4.69) is 0 Å². The van der Waals surface area contributed by atoms with Crippen LogP contribution in [0.2, 0.25) is 5.02 Å². The van der Waals surface area contributed by atoms with Crippen LogP contribution in [0.15, 0.2) is 48.5 Å². The lowest BCUT2D eigenvalue weighted by Crippen LogP contribution is -2.29. The number of hydrogen-bond donors (Lipinski definition) is 1. The highest BCUT2D eigenvalue weighted by Crippen LogP contribution is 2.30. The maximum absolute atomic E-state index is 10.8. The summed E-state index contributed by atoms with van der Waals surface area (Å²) >= 11 is 6.18. The second-order valence-corrected chi connectivity index (χ2v) is 5.00. The molecule has 6 heteroatoms. The molecule has 0 aliphatic carbocycles. The van der Waals surface area contributed by atoms with Crippen LogP contribution in [0.25, 0.3) is 0 Å². The van der Waals surface area contributed by atoms with E-state index >= 15 is 0 Å². The smallest absolute Gasteiger partial charge is 0.271 e. The van der Waals surface area contributed by atoms with Crippen molar-refractivity contribution >= 4 is 23.0 Å². The Morgan fingerprint density at radius 3 is 2.48 bits per heavy atom. The van der Waals surface area contributed by atoms with Crippen LogP contribution in [-0.2, 0) is 6.54 Å². The molecule has 0 fully saturated rings. The van der Waals surface area contributed by atoms with Crippen LogP contribution >= 0.6 is 11.6 Å². The summed E-state index contributed by atoms with van der Waals surface area (Å²) in [6, 6.07) is 14.4. The summed E-state index contributed by atoms with van der Waals surface area (Å²) < 4.78 is 0. The van der Waals surface area contributed by atoms with Crippen molar-refractivity contribution in [1.82, 2.24) is 0 Å². The monoisotopic (exact) mass is 305 g/mol. The standard InChI is InChI=1S/C15H16ClN3O2/c16-14-10-13(19(20)21)6-7-15(14)18(9-8-17)11-12-4-2-1-3-5-12/h1-7,10H,8-9,11,17H2. The first-order valence-electron chi connectivity index (χ1n) is 6.54. The first kappa shape index (κ1) is 15.3. The van der Waals surface area contributed by atoms with Gasteiger partial charge < -0.3 is 10.6 Å². The normalized spacial score (nSPS) is 10.4. The van der Waals surface area contributed by atoms with Crippen LogP contribution in [0.3, 0.4) is 0 Å². The van der Waals surface area contributed by atoms with Crippen LogP contribution in [0.4, 0.5) is 11.4 Å². The van der Waals surface area contributed by atoms with E-state index < -0.39 is 4.92 Å². The molecule has 2 rings (SSSR count). The van der Waals surface area contributed by atoms with Gasteiger partial charge in [0.15, 0.2) is 0 Å². The lowest BCUT2D eigenvalue weighted by Gasteiger charge is -2.25. The first-order chi connectivity index (χ1) is 10.1. The molecule has 0 heterocycles. The minimum absolute atomic E-state index is 0.0174. The molecular formula is C15H16ClN3O2. The maximum Gasteiger partial charge on any atom is 0.271 e. The van der Waals surface area contributed by atoms with E-state index in [1.165, 1.54) is 12.1 Å². The van der Waals surface area contributed by atoms with Crippen molar-refractivity contribution in [1.29, 1.82) is 0 Å². The predicted molar refractivity (Wildman–Crippen MR) is 84.7 cm³/mol. The van der Waals surface area contributed by atoms with E-state index in [-0.39, 0.29) is 5.69 Å². The Morgan fingerprint density at radius 1 is 1.19 bits per heavy atom. The first-order valence-corrected chi connectivity index (χ1v) is 6.92. The summed E-state index contributed by atoms with van der Waals surface area (Å²) in [4.78, 5) is 12.3. The van der Waals surface area contributed by atoms with Crippen LogP contribution in [-0.4, -0.2) is 18.0 Å². The fourth-order valence-electron chi connectivity index (χ4n) is 2.11. The van der Waals surface area contributed by atoms with Gasteiger partial charge in [0.1, 0.15) is 0 Å². The number of halogens is 1. The van der Waals surface area contributed by atoms with E-state index in [0.29, 0.717) is 24.7 Å². The van der Waals surface area contributed by atoms with Crippen LogP contribution in [0.1, 0.15) is 5.56 Å². The maximum atomic E-state index is 10.8. The van der Waals surface area contributed by atoms with Gasteiger partial charge in [0.25, 0.3) is 5.69 Å². The number of anilines is 1. The van der Waals surface area contributed by atoms with E-state index in [1.807, 2.05) is 35.2 Å². The Balaban J connectivity index is 2.27. The SMILES string of the molecule is NCCN(Cc1ccccc1)c1ccc([N+](=O)[O-])cc1Cl. The van der Waals surface area contributed by atoms with E-state index in [4.69, 9.17) is 17.3 Å². The van der Waals surface area contributed by atoms with Gasteiger partial charge in [0, 0.05) is 31.8 Å². The van der Waals surface area contributed by atoms with E-state index in [0.717, 1.165) is 11.3 Å². The number of nitro benzene ring substituents is 1.